The molecule has 5 nitrogen and oxygen atoms in total. The molecule has 0 amide bonds. The lowest BCUT2D eigenvalue weighted by molar-refractivity contribution is -0.0817. The summed E-state index contributed by atoms with van der Waals surface area (Å²) in [5, 5.41) is 10.6. The van der Waals surface area contributed by atoms with Gasteiger partial charge in [-0.1, -0.05) is 12.8 Å². The molecular formula is C14H25NO4S. The van der Waals surface area contributed by atoms with Gasteiger partial charge in [0.1, 0.15) is 0 Å². The maximum atomic E-state index is 12.5. The summed E-state index contributed by atoms with van der Waals surface area (Å²) in [7, 11) is -3.25. The number of sulfonamides is 1. The maximum absolute atomic E-state index is 12.5. The van der Waals surface area contributed by atoms with Gasteiger partial charge in [-0.25, -0.2) is 12.7 Å². The number of nitrogens with zero attached hydrogens (tertiary/aromatic N) is 1. The van der Waals surface area contributed by atoms with E-state index >= 15 is 0 Å². The first-order valence-corrected chi connectivity index (χ1v) is 9.42. The fourth-order valence-corrected chi connectivity index (χ4v) is 5.63. The molecule has 1 aliphatic carbocycles. The van der Waals surface area contributed by atoms with Gasteiger partial charge in [0.25, 0.3) is 0 Å². The van der Waals surface area contributed by atoms with Gasteiger partial charge < -0.3 is 9.84 Å². The predicted molar refractivity (Wildman–Crippen MR) is 75.9 cm³/mol. The molecule has 2 heterocycles. The van der Waals surface area contributed by atoms with E-state index in [1.165, 1.54) is 0 Å². The quantitative estimate of drug-likeness (QED) is 0.848. The van der Waals surface area contributed by atoms with Crippen molar-refractivity contribution in [2.24, 2.45) is 5.92 Å². The van der Waals surface area contributed by atoms with Gasteiger partial charge in [0.15, 0.2) is 0 Å². The Morgan fingerprint density at radius 2 is 2.05 bits per heavy atom. The Morgan fingerprint density at radius 1 is 1.20 bits per heavy atom. The minimum atomic E-state index is -3.25. The Bertz CT molecular complexity index is 446. The monoisotopic (exact) mass is 303 g/mol. The molecule has 0 bridgehead atoms. The molecular weight excluding hydrogens is 278 g/mol. The van der Waals surface area contributed by atoms with E-state index in [0.29, 0.717) is 26.1 Å². The largest absolute Gasteiger partial charge is 0.390 e. The Labute approximate surface area is 121 Å². The fourth-order valence-electron chi connectivity index (χ4n) is 3.91. The van der Waals surface area contributed by atoms with Gasteiger partial charge in [-0.3, -0.25) is 0 Å². The topological polar surface area (TPSA) is 66.8 Å². The van der Waals surface area contributed by atoms with Crippen LogP contribution in [0.3, 0.4) is 0 Å². The smallest absolute Gasteiger partial charge is 0.216 e. The third kappa shape index (κ3) is 2.89. The Balaban J connectivity index is 1.65. The van der Waals surface area contributed by atoms with Crippen LogP contribution in [-0.2, 0) is 14.8 Å². The van der Waals surface area contributed by atoms with Gasteiger partial charge in [-0.15, -0.1) is 0 Å². The summed E-state index contributed by atoms with van der Waals surface area (Å²) < 4.78 is 32.0. The van der Waals surface area contributed by atoms with Crippen molar-refractivity contribution < 1.29 is 18.3 Å². The highest BCUT2D eigenvalue weighted by molar-refractivity contribution is 7.89. The van der Waals surface area contributed by atoms with Crippen LogP contribution >= 0.6 is 0 Å². The third-order valence-corrected chi connectivity index (χ3v) is 7.12. The number of hydrogen-bond acceptors (Lipinski definition) is 4. The van der Waals surface area contributed by atoms with E-state index in [9.17, 15) is 13.5 Å². The first-order valence-electron chi connectivity index (χ1n) is 7.81. The van der Waals surface area contributed by atoms with Gasteiger partial charge in [0.05, 0.1) is 17.5 Å². The summed E-state index contributed by atoms with van der Waals surface area (Å²) in [6.07, 6.45) is 6.21. The molecule has 20 heavy (non-hydrogen) atoms. The first-order chi connectivity index (χ1) is 9.50. The van der Waals surface area contributed by atoms with Crippen molar-refractivity contribution in [3.8, 4) is 0 Å². The summed E-state index contributed by atoms with van der Waals surface area (Å²) in [5.41, 5.74) is -0.617. The molecule has 0 aromatic heterocycles. The highest BCUT2D eigenvalue weighted by Crippen LogP contribution is 2.40. The SMILES string of the molecule is O=S(=O)(CC1CCCO1)N1CCC2(O)CCCCC2C1. The average molecular weight is 303 g/mol. The van der Waals surface area contributed by atoms with E-state index in [1.807, 2.05) is 0 Å². The second-order valence-electron chi connectivity index (χ2n) is 6.57. The molecule has 3 atom stereocenters. The van der Waals surface area contributed by atoms with Crippen molar-refractivity contribution >= 4 is 10.0 Å². The van der Waals surface area contributed by atoms with Crippen molar-refractivity contribution in [3.63, 3.8) is 0 Å². The van der Waals surface area contributed by atoms with Gasteiger partial charge in [0.2, 0.25) is 10.0 Å². The van der Waals surface area contributed by atoms with E-state index in [4.69, 9.17) is 4.74 Å². The zero-order chi connectivity index (χ0) is 14.2. The summed E-state index contributed by atoms with van der Waals surface area (Å²) in [6, 6.07) is 0. The number of fused-ring (bicyclic) bond motifs is 1. The Kier molecular flexibility index (Phi) is 4.10. The van der Waals surface area contributed by atoms with Crippen LogP contribution in [0, 0.1) is 5.92 Å². The molecule has 3 unspecified atom stereocenters. The Hall–Kier alpha value is -0.170. The molecule has 6 heteroatoms. The molecule has 2 saturated heterocycles. The molecule has 3 aliphatic rings. The van der Waals surface area contributed by atoms with Crippen LogP contribution < -0.4 is 0 Å². The van der Waals surface area contributed by atoms with Crippen LogP contribution in [0.2, 0.25) is 0 Å². The van der Waals surface area contributed by atoms with Crippen LogP contribution in [0.5, 0.6) is 0 Å². The van der Waals surface area contributed by atoms with E-state index in [-0.39, 0.29) is 17.8 Å². The molecule has 3 rings (SSSR count). The standard InChI is InChI=1S/C14H25NO4S/c16-14-6-2-1-4-12(14)10-15(8-7-14)20(17,18)11-13-5-3-9-19-13/h12-13,16H,1-11H2. The van der Waals surface area contributed by atoms with E-state index < -0.39 is 15.6 Å². The fraction of sp³-hybridized carbons (Fsp3) is 1.00. The van der Waals surface area contributed by atoms with Gasteiger partial charge >= 0.3 is 0 Å². The van der Waals surface area contributed by atoms with Crippen molar-refractivity contribution in [2.75, 3.05) is 25.4 Å². The molecule has 0 radical (unpaired) electrons. The number of hydrogen-bond donors (Lipinski definition) is 1. The van der Waals surface area contributed by atoms with Crippen molar-refractivity contribution in [3.05, 3.63) is 0 Å². The lowest BCUT2D eigenvalue weighted by Gasteiger charge is -2.46. The summed E-state index contributed by atoms with van der Waals surface area (Å²) in [4.78, 5) is 0. The molecule has 0 aromatic rings. The van der Waals surface area contributed by atoms with E-state index in [0.717, 1.165) is 38.5 Å². The highest BCUT2D eigenvalue weighted by Gasteiger charge is 2.45. The lowest BCUT2D eigenvalue weighted by atomic mass is 9.72. The molecule has 3 fully saturated rings. The molecule has 0 spiro atoms. The predicted octanol–water partition coefficient (Wildman–Crippen LogP) is 1.12. The van der Waals surface area contributed by atoms with Crippen LogP contribution in [0.1, 0.15) is 44.9 Å². The number of ether oxygens (including phenoxy) is 1. The van der Waals surface area contributed by atoms with E-state index in [1.54, 1.807) is 4.31 Å². The van der Waals surface area contributed by atoms with Crippen LogP contribution in [-0.4, -0.2) is 55.0 Å². The van der Waals surface area contributed by atoms with Crippen molar-refractivity contribution in [1.29, 1.82) is 0 Å². The lowest BCUT2D eigenvalue weighted by Crippen LogP contribution is -2.55. The zero-order valence-corrected chi connectivity index (χ0v) is 12.8. The van der Waals surface area contributed by atoms with Gasteiger partial charge in [0, 0.05) is 25.6 Å². The van der Waals surface area contributed by atoms with Crippen LogP contribution in [0.4, 0.5) is 0 Å². The van der Waals surface area contributed by atoms with Crippen LogP contribution in [0.25, 0.3) is 0 Å². The molecule has 116 valence electrons. The summed E-state index contributed by atoms with van der Waals surface area (Å²) in [6.45, 7) is 1.64. The van der Waals surface area contributed by atoms with Gasteiger partial charge in [-0.2, -0.15) is 0 Å². The number of piperidine rings is 1. The zero-order valence-electron chi connectivity index (χ0n) is 12.0. The normalized spacial score (nSPS) is 39.6. The summed E-state index contributed by atoms with van der Waals surface area (Å²) in [5.74, 6) is 0.224. The second-order valence-corrected chi connectivity index (χ2v) is 8.58. The van der Waals surface area contributed by atoms with Crippen LogP contribution in [0.15, 0.2) is 0 Å². The summed E-state index contributed by atoms with van der Waals surface area (Å²) >= 11 is 0. The van der Waals surface area contributed by atoms with E-state index in [2.05, 4.69) is 0 Å². The molecule has 1 N–H and O–H groups in total. The third-order valence-electron chi connectivity index (χ3n) is 5.20. The Morgan fingerprint density at radius 3 is 2.80 bits per heavy atom. The molecule has 1 saturated carbocycles. The van der Waals surface area contributed by atoms with Gasteiger partial charge in [-0.05, 0) is 32.1 Å². The minimum absolute atomic E-state index is 0.109. The number of aliphatic hydroxyl groups is 1. The highest BCUT2D eigenvalue weighted by atomic mass is 32.2. The molecule has 0 aromatic carbocycles. The maximum Gasteiger partial charge on any atom is 0.216 e. The average Bonchev–Trinajstić information content (AvgIpc) is 2.89. The first kappa shape index (κ1) is 14.8. The number of rotatable bonds is 3. The van der Waals surface area contributed by atoms with Crippen molar-refractivity contribution in [1.82, 2.24) is 4.31 Å². The van der Waals surface area contributed by atoms with Crippen molar-refractivity contribution in [2.45, 2.75) is 56.7 Å². The second kappa shape index (κ2) is 5.55. The minimum Gasteiger partial charge on any atom is -0.390 e. The molecule has 2 aliphatic heterocycles.